The highest BCUT2D eigenvalue weighted by atomic mass is 19.1. The third-order valence-electron chi connectivity index (χ3n) is 4.80. The zero-order valence-corrected chi connectivity index (χ0v) is 13.3. The van der Waals surface area contributed by atoms with Gasteiger partial charge in [0.2, 0.25) is 11.8 Å². The first-order valence-electron chi connectivity index (χ1n) is 8.44. The first kappa shape index (κ1) is 16.0. The summed E-state index contributed by atoms with van der Waals surface area (Å²) in [4.78, 5) is 26.1. The molecule has 1 aromatic rings. The van der Waals surface area contributed by atoms with Gasteiger partial charge in [0, 0.05) is 25.4 Å². The lowest BCUT2D eigenvalue weighted by Gasteiger charge is -2.23. The van der Waals surface area contributed by atoms with Gasteiger partial charge in [0.25, 0.3) is 0 Å². The number of carbonyl (C=O) groups excluding carboxylic acids is 2. The lowest BCUT2D eigenvalue weighted by atomic mass is 9.88. The molecule has 1 aliphatic carbocycles. The van der Waals surface area contributed by atoms with E-state index in [1.165, 1.54) is 18.6 Å². The van der Waals surface area contributed by atoms with Gasteiger partial charge in [-0.2, -0.15) is 0 Å². The Labute approximate surface area is 136 Å². The summed E-state index contributed by atoms with van der Waals surface area (Å²) >= 11 is 0. The summed E-state index contributed by atoms with van der Waals surface area (Å²) in [5.41, 5.74) is 0.776. The van der Waals surface area contributed by atoms with Crippen LogP contribution in [0.4, 0.5) is 4.39 Å². The van der Waals surface area contributed by atoms with Gasteiger partial charge in [0.05, 0.1) is 6.04 Å². The minimum atomic E-state index is -0.295. The zero-order chi connectivity index (χ0) is 16.2. The van der Waals surface area contributed by atoms with Crippen LogP contribution >= 0.6 is 0 Å². The van der Waals surface area contributed by atoms with E-state index >= 15 is 0 Å². The van der Waals surface area contributed by atoms with Crippen LogP contribution in [0, 0.1) is 11.7 Å². The second kappa shape index (κ2) is 7.11. The number of carbonyl (C=O) groups is 2. The molecule has 1 saturated carbocycles. The largest absolute Gasteiger partial charge is 0.351 e. The van der Waals surface area contributed by atoms with Crippen molar-refractivity contribution in [2.75, 3.05) is 6.54 Å². The van der Waals surface area contributed by atoms with Gasteiger partial charge in [-0.05, 0) is 30.5 Å². The Balaban J connectivity index is 1.53. The molecular formula is C18H23FN2O2. The van der Waals surface area contributed by atoms with E-state index in [4.69, 9.17) is 0 Å². The molecular weight excluding hydrogens is 295 g/mol. The maximum Gasteiger partial charge on any atom is 0.225 e. The number of hydrogen-bond acceptors (Lipinski definition) is 2. The summed E-state index contributed by atoms with van der Waals surface area (Å²) in [5.74, 6) is -0.0780. The molecule has 3 rings (SSSR count). The molecule has 0 radical (unpaired) electrons. The van der Waals surface area contributed by atoms with E-state index in [2.05, 4.69) is 5.32 Å². The average Bonchev–Trinajstić information content (AvgIpc) is 2.87. The van der Waals surface area contributed by atoms with Gasteiger partial charge < -0.3 is 10.2 Å². The number of nitrogens with zero attached hydrogens (tertiary/aromatic N) is 1. The molecule has 1 heterocycles. The van der Waals surface area contributed by atoms with Gasteiger partial charge in [-0.1, -0.05) is 31.4 Å². The smallest absolute Gasteiger partial charge is 0.225 e. The summed E-state index contributed by atoms with van der Waals surface area (Å²) < 4.78 is 13.2. The normalized spacial score (nSPS) is 22.4. The van der Waals surface area contributed by atoms with Crippen LogP contribution in [0.15, 0.2) is 24.3 Å². The quantitative estimate of drug-likeness (QED) is 0.928. The Kier molecular flexibility index (Phi) is 4.94. The number of rotatable bonds is 4. The van der Waals surface area contributed by atoms with Gasteiger partial charge in [-0.3, -0.25) is 9.59 Å². The summed E-state index contributed by atoms with van der Waals surface area (Å²) in [5, 5.41) is 3.03. The minimum Gasteiger partial charge on any atom is -0.351 e. The molecule has 2 fully saturated rings. The van der Waals surface area contributed by atoms with Crippen LogP contribution in [0.1, 0.15) is 44.1 Å². The minimum absolute atomic E-state index is 0.0169. The number of likely N-dealkylation sites (tertiary alicyclic amines) is 1. The first-order valence-corrected chi connectivity index (χ1v) is 8.44. The van der Waals surface area contributed by atoms with Gasteiger partial charge in [0.15, 0.2) is 0 Å². The van der Waals surface area contributed by atoms with Crippen molar-refractivity contribution in [1.82, 2.24) is 10.2 Å². The highest BCUT2D eigenvalue weighted by molar-refractivity contribution is 5.83. The first-order chi connectivity index (χ1) is 11.1. The van der Waals surface area contributed by atoms with Crippen molar-refractivity contribution >= 4 is 11.8 Å². The van der Waals surface area contributed by atoms with Crippen LogP contribution in [0.5, 0.6) is 0 Å². The second-order valence-corrected chi connectivity index (χ2v) is 6.65. The van der Waals surface area contributed by atoms with E-state index in [9.17, 15) is 14.0 Å². The highest BCUT2D eigenvalue weighted by Crippen LogP contribution is 2.24. The molecule has 23 heavy (non-hydrogen) atoms. The van der Waals surface area contributed by atoms with Gasteiger partial charge >= 0.3 is 0 Å². The number of halogens is 1. The molecule has 1 aromatic carbocycles. The number of amides is 2. The van der Waals surface area contributed by atoms with Gasteiger partial charge in [-0.15, -0.1) is 0 Å². The van der Waals surface area contributed by atoms with Crippen LogP contribution in [0.25, 0.3) is 0 Å². The van der Waals surface area contributed by atoms with E-state index in [-0.39, 0.29) is 29.6 Å². The third-order valence-corrected chi connectivity index (χ3v) is 4.80. The highest BCUT2D eigenvalue weighted by Gasteiger charge is 2.32. The summed E-state index contributed by atoms with van der Waals surface area (Å²) in [7, 11) is 0. The molecule has 124 valence electrons. The Hall–Kier alpha value is -1.91. The van der Waals surface area contributed by atoms with Crippen molar-refractivity contribution in [2.45, 2.75) is 51.1 Å². The monoisotopic (exact) mass is 318 g/mol. The maximum atomic E-state index is 13.2. The Morgan fingerprint density at radius 2 is 2.04 bits per heavy atom. The number of nitrogens with one attached hydrogen (secondary N) is 1. The molecule has 0 bridgehead atoms. The molecule has 1 aliphatic heterocycles. The molecule has 5 heteroatoms. The fourth-order valence-electron chi connectivity index (χ4n) is 3.56. The second-order valence-electron chi connectivity index (χ2n) is 6.65. The van der Waals surface area contributed by atoms with Crippen LogP contribution < -0.4 is 5.32 Å². The molecule has 2 aliphatic rings. The lowest BCUT2D eigenvalue weighted by Crippen LogP contribution is -2.41. The van der Waals surface area contributed by atoms with Crippen molar-refractivity contribution in [1.29, 1.82) is 0 Å². The molecule has 1 atom stereocenters. The Morgan fingerprint density at radius 3 is 2.78 bits per heavy atom. The van der Waals surface area contributed by atoms with Crippen molar-refractivity contribution in [3.8, 4) is 0 Å². The predicted molar refractivity (Wildman–Crippen MR) is 84.9 cm³/mol. The van der Waals surface area contributed by atoms with E-state index < -0.39 is 0 Å². The van der Waals surface area contributed by atoms with Crippen LogP contribution in [-0.4, -0.2) is 29.3 Å². The molecule has 0 spiro atoms. The predicted octanol–water partition coefficient (Wildman–Crippen LogP) is 2.62. The van der Waals surface area contributed by atoms with Gasteiger partial charge in [0.1, 0.15) is 5.82 Å². The fraction of sp³-hybridized carbons (Fsp3) is 0.556. The van der Waals surface area contributed by atoms with E-state index in [1.54, 1.807) is 11.0 Å². The summed E-state index contributed by atoms with van der Waals surface area (Å²) in [6, 6.07) is 6.17. The van der Waals surface area contributed by atoms with Crippen molar-refractivity contribution < 1.29 is 14.0 Å². The lowest BCUT2D eigenvalue weighted by molar-refractivity contribution is -0.128. The molecule has 2 amide bonds. The third kappa shape index (κ3) is 4.09. The average molecular weight is 318 g/mol. The summed E-state index contributed by atoms with van der Waals surface area (Å²) in [6.45, 7) is 0.903. The van der Waals surface area contributed by atoms with Crippen molar-refractivity contribution in [3.63, 3.8) is 0 Å². The molecule has 4 nitrogen and oxygen atoms in total. The topological polar surface area (TPSA) is 49.4 Å². The Bertz CT molecular complexity index is 584. The molecule has 0 unspecified atom stereocenters. The fourth-order valence-corrected chi connectivity index (χ4v) is 3.56. The van der Waals surface area contributed by atoms with E-state index in [1.807, 2.05) is 6.07 Å². The molecule has 0 aromatic heterocycles. The standard InChI is InChI=1S/C18H23FN2O2/c19-15-8-4-5-13(9-15)11-21-12-16(10-17(21)22)20-18(23)14-6-2-1-3-7-14/h4-5,8-9,14,16H,1-3,6-7,10-12H2,(H,20,23)/t16-/m1/s1. The van der Waals surface area contributed by atoms with Crippen molar-refractivity contribution in [2.24, 2.45) is 5.92 Å². The summed E-state index contributed by atoms with van der Waals surface area (Å²) in [6.07, 6.45) is 5.71. The SMILES string of the molecule is O=C(N[C@@H]1CC(=O)N(Cc2cccc(F)c2)C1)C1CCCCC1. The van der Waals surface area contributed by atoms with Gasteiger partial charge in [-0.25, -0.2) is 4.39 Å². The van der Waals surface area contributed by atoms with E-state index in [0.29, 0.717) is 19.5 Å². The maximum absolute atomic E-state index is 13.2. The number of hydrogen-bond donors (Lipinski definition) is 1. The molecule has 1 N–H and O–H groups in total. The van der Waals surface area contributed by atoms with Crippen molar-refractivity contribution in [3.05, 3.63) is 35.6 Å². The van der Waals surface area contributed by atoms with Crippen LogP contribution in [0.3, 0.4) is 0 Å². The van der Waals surface area contributed by atoms with Crippen LogP contribution in [-0.2, 0) is 16.1 Å². The Morgan fingerprint density at radius 1 is 1.26 bits per heavy atom. The number of benzene rings is 1. The zero-order valence-electron chi connectivity index (χ0n) is 13.3. The molecule has 1 saturated heterocycles. The van der Waals surface area contributed by atoms with E-state index in [0.717, 1.165) is 31.2 Å². The van der Waals surface area contributed by atoms with Crippen LogP contribution in [0.2, 0.25) is 0 Å².